The Labute approximate surface area is 101 Å². The first-order valence-electron chi connectivity index (χ1n) is 5.51. The van der Waals surface area contributed by atoms with E-state index in [0.717, 1.165) is 24.8 Å². The number of rotatable bonds is 4. The maximum Gasteiger partial charge on any atom is 0.213 e. The lowest BCUT2D eigenvalue weighted by molar-refractivity contribution is 0.558. The molecule has 0 aromatic heterocycles. The van der Waals surface area contributed by atoms with Gasteiger partial charge in [-0.2, -0.15) is 0 Å². The lowest BCUT2D eigenvalue weighted by Gasteiger charge is -2.14. The summed E-state index contributed by atoms with van der Waals surface area (Å²) in [6.07, 6.45) is 3.21. The Bertz CT molecular complexity index is 503. The van der Waals surface area contributed by atoms with E-state index < -0.39 is 25.9 Å². The zero-order valence-electron chi connectivity index (χ0n) is 9.29. The zero-order chi connectivity index (χ0) is 12.5. The van der Waals surface area contributed by atoms with Crippen molar-refractivity contribution in [1.82, 2.24) is 10.0 Å². The Balaban J connectivity index is 1.92. The summed E-state index contributed by atoms with van der Waals surface area (Å²) in [5.41, 5.74) is 0. The lowest BCUT2D eigenvalue weighted by atomic mass is 10.3. The predicted molar refractivity (Wildman–Crippen MR) is 64.7 cm³/mol. The van der Waals surface area contributed by atoms with E-state index in [4.69, 9.17) is 0 Å². The molecule has 0 aromatic carbocycles. The fourth-order valence-electron chi connectivity index (χ4n) is 2.09. The molecule has 0 amide bonds. The maximum atomic E-state index is 11.8. The molecule has 2 unspecified atom stereocenters. The van der Waals surface area contributed by atoms with Crippen molar-refractivity contribution in [2.24, 2.45) is 0 Å². The zero-order valence-corrected chi connectivity index (χ0v) is 10.9. The maximum absolute atomic E-state index is 11.8. The van der Waals surface area contributed by atoms with Crippen LogP contribution >= 0.6 is 0 Å². The van der Waals surface area contributed by atoms with Crippen LogP contribution in [0.15, 0.2) is 11.5 Å². The summed E-state index contributed by atoms with van der Waals surface area (Å²) in [5, 5.41) is 4.16. The van der Waals surface area contributed by atoms with E-state index in [1.54, 1.807) is 0 Å². The van der Waals surface area contributed by atoms with Gasteiger partial charge in [-0.1, -0.05) is 6.08 Å². The molecular formula is C9H16N2O4S2. The summed E-state index contributed by atoms with van der Waals surface area (Å²) in [6, 6.07) is -0.638. The van der Waals surface area contributed by atoms with Crippen LogP contribution < -0.4 is 10.0 Å². The number of nitrogens with one attached hydrogen (secondary N) is 2. The predicted octanol–water partition coefficient (Wildman–Crippen LogP) is -1.03. The van der Waals surface area contributed by atoms with E-state index >= 15 is 0 Å². The second-order valence-corrected chi connectivity index (χ2v) is 8.19. The van der Waals surface area contributed by atoms with Gasteiger partial charge < -0.3 is 5.32 Å². The van der Waals surface area contributed by atoms with Crippen LogP contribution in [0.1, 0.15) is 12.8 Å². The van der Waals surface area contributed by atoms with Crippen molar-refractivity contribution in [3.8, 4) is 0 Å². The first-order chi connectivity index (χ1) is 7.86. The SMILES string of the molecule is O=S1(=O)C=CC(NS(=O)(=O)CC2CCCN2)C1. The van der Waals surface area contributed by atoms with Gasteiger partial charge in [0.05, 0.1) is 17.5 Å². The van der Waals surface area contributed by atoms with Crippen LogP contribution in [-0.2, 0) is 19.9 Å². The van der Waals surface area contributed by atoms with Gasteiger partial charge in [-0.15, -0.1) is 0 Å². The summed E-state index contributed by atoms with van der Waals surface area (Å²) in [6.45, 7) is 0.845. The van der Waals surface area contributed by atoms with Gasteiger partial charge in [0.25, 0.3) is 0 Å². The highest BCUT2D eigenvalue weighted by Gasteiger charge is 2.28. The molecule has 1 saturated heterocycles. The molecule has 2 aliphatic rings. The highest BCUT2D eigenvalue weighted by atomic mass is 32.2. The molecule has 2 rings (SSSR count). The van der Waals surface area contributed by atoms with E-state index in [2.05, 4.69) is 10.0 Å². The minimum absolute atomic E-state index is 0.0113. The molecule has 0 aromatic rings. The van der Waals surface area contributed by atoms with E-state index in [1.807, 2.05) is 0 Å². The molecule has 0 spiro atoms. The molecule has 6 nitrogen and oxygen atoms in total. The van der Waals surface area contributed by atoms with Crippen LogP contribution in [0.25, 0.3) is 0 Å². The summed E-state index contributed by atoms with van der Waals surface area (Å²) in [5.74, 6) is -0.165. The van der Waals surface area contributed by atoms with Gasteiger partial charge in [0.1, 0.15) is 0 Å². The highest BCUT2D eigenvalue weighted by molar-refractivity contribution is 7.94. The largest absolute Gasteiger partial charge is 0.313 e. The van der Waals surface area contributed by atoms with Crippen LogP contribution in [0.4, 0.5) is 0 Å². The smallest absolute Gasteiger partial charge is 0.213 e. The van der Waals surface area contributed by atoms with Crippen molar-refractivity contribution in [3.05, 3.63) is 11.5 Å². The number of sulfone groups is 1. The van der Waals surface area contributed by atoms with Crippen molar-refractivity contribution in [1.29, 1.82) is 0 Å². The van der Waals surface area contributed by atoms with Gasteiger partial charge in [-0.25, -0.2) is 21.6 Å². The van der Waals surface area contributed by atoms with E-state index in [9.17, 15) is 16.8 Å². The van der Waals surface area contributed by atoms with Crippen LogP contribution in [-0.4, -0.2) is 47.0 Å². The summed E-state index contributed by atoms with van der Waals surface area (Å²) >= 11 is 0. The van der Waals surface area contributed by atoms with Gasteiger partial charge in [0.2, 0.25) is 10.0 Å². The first kappa shape index (κ1) is 13.0. The Kier molecular flexibility index (Phi) is 3.58. The van der Waals surface area contributed by atoms with E-state index in [-0.39, 0.29) is 17.5 Å². The molecule has 2 aliphatic heterocycles. The van der Waals surface area contributed by atoms with Crippen LogP contribution in [0.5, 0.6) is 0 Å². The van der Waals surface area contributed by atoms with Gasteiger partial charge in [0.15, 0.2) is 9.84 Å². The summed E-state index contributed by atoms with van der Waals surface area (Å²) < 4.78 is 48.2. The third-order valence-corrected chi connectivity index (χ3v) is 5.74. The number of sulfonamides is 1. The van der Waals surface area contributed by atoms with Crippen molar-refractivity contribution < 1.29 is 16.8 Å². The van der Waals surface area contributed by atoms with E-state index in [0.29, 0.717) is 0 Å². The summed E-state index contributed by atoms with van der Waals surface area (Å²) in [4.78, 5) is 0. The first-order valence-corrected chi connectivity index (χ1v) is 8.87. The molecule has 17 heavy (non-hydrogen) atoms. The molecule has 2 atom stereocenters. The quantitative estimate of drug-likeness (QED) is 0.687. The molecule has 0 aliphatic carbocycles. The van der Waals surface area contributed by atoms with Gasteiger partial charge in [-0.3, -0.25) is 0 Å². The molecule has 0 radical (unpaired) electrons. The molecule has 0 saturated carbocycles. The second-order valence-electron chi connectivity index (χ2n) is 4.46. The molecule has 2 heterocycles. The number of hydrogen-bond donors (Lipinski definition) is 2. The Morgan fingerprint density at radius 1 is 1.41 bits per heavy atom. The normalized spacial score (nSPS) is 32.0. The molecule has 98 valence electrons. The minimum Gasteiger partial charge on any atom is -0.313 e. The fourth-order valence-corrected chi connectivity index (χ4v) is 4.97. The van der Waals surface area contributed by atoms with Gasteiger partial charge in [-0.05, 0) is 19.4 Å². The molecular weight excluding hydrogens is 264 g/mol. The summed E-state index contributed by atoms with van der Waals surface area (Å²) in [7, 11) is -6.65. The third-order valence-electron chi connectivity index (χ3n) is 2.84. The van der Waals surface area contributed by atoms with Crippen LogP contribution in [0.3, 0.4) is 0 Å². The minimum atomic E-state index is -3.43. The fraction of sp³-hybridized carbons (Fsp3) is 0.778. The molecule has 1 fully saturated rings. The monoisotopic (exact) mass is 280 g/mol. The van der Waals surface area contributed by atoms with Gasteiger partial charge >= 0.3 is 0 Å². The van der Waals surface area contributed by atoms with Crippen LogP contribution in [0.2, 0.25) is 0 Å². The van der Waals surface area contributed by atoms with Crippen molar-refractivity contribution >= 4 is 19.9 Å². The highest BCUT2D eigenvalue weighted by Crippen LogP contribution is 2.11. The third kappa shape index (κ3) is 3.77. The molecule has 8 heteroatoms. The van der Waals surface area contributed by atoms with E-state index in [1.165, 1.54) is 6.08 Å². The molecule has 2 N–H and O–H groups in total. The van der Waals surface area contributed by atoms with Crippen molar-refractivity contribution in [3.63, 3.8) is 0 Å². The van der Waals surface area contributed by atoms with Crippen molar-refractivity contribution in [2.75, 3.05) is 18.1 Å². The van der Waals surface area contributed by atoms with Gasteiger partial charge in [0, 0.05) is 11.4 Å². The average molecular weight is 280 g/mol. The Morgan fingerprint density at radius 3 is 2.71 bits per heavy atom. The second kappa shape index (κ2) is 4.68. The number of hydrogen-bond acceptors (Lipinski definition) is 5. The topological polar surface area (TPSA) is 92.3 Å². The van der Waals surface area contributed by atoms with Crippen molar-refractivity contribution in [2.45, 2.75) is 24.9 Å². The average Bonchev–Trinajstić information content (AvgIpc) is 2.74. The lowest BCUT2D eigenvalue weighted by Crippen LogP contribution is -2.41. The molecule has 0 bridgehead atoms. The standard InChI is InChI=1S/C9H16N2O4S2/c12-16(13)5-3-9(6-16)11-17(14,15)7-8-2-1-4-10-8/h3,5,8-11H,1-2,4,6-7H2. The Hall–Kier alpha value is -0.440. The Morgan fingerprint density at radius 2 is 2.18 bits per heavy atom. The van der Waals surface area contributed by atoms with Crippen LogP contribution in [0, 0.1) is 0 Å².